The van der Waals surface area contributed by atoms with Crippen molar-refractivity contribution in [2.75, 3.05) is 13.2 Å². The highest BCUT2D eigenvalue weighted by molar-refractivity contribution is 9.10. The molecule has 1 fully saturated rings. The summed E-state index contributed by atoms with van der Waals surface area (Å²) in [6.45, 7) is 4.05. The SMILES string of the molecule is CC1CNC(c2ccc(Br)cc2)OC1.Cl. The number of benzene rings is 1. The Hall–Kier alpha value is -0.0900. The molecule has 0 radical (unpaired) electrons. The first-order chi connectivity index (χ1) is 6.75. The van der Waals surface area contributed by atoms with Gasteiger partial charge < -0.3 is 4.74 Å². The highest BCUT2D eigenvalue weighted by Gasteiger charge is 2.18. The smallest absolute Gasteiger partial charge is 0.134 e. The molecule has 1 aliphatic rings. The Morgan fingerprint density at radius 3 is 2.53 bits per heavy atom. The summed E-state index contributed by atoms with van der Waals surface area (Å²) in [7, 11) is 0. The van der Waals surface area contributed by atoms with Gasteiger partial charge in [0.15, 0.2) is 0 Å². The van der Waals surface area contributed by atoms with E-state index in [-0.39, 0.29) is 18.6 Å². The molecule has 0 aromatic heterocycles. The van der Waals surface area contributed by atoms with Crippen molar-refractivity contribution in [1.29, 1.82) is 0 Å². The predicted octanol–water partition coefficient (Wildman–Crippen LogP) is 3.13. The molecule has 1 heterocycles. The van der Waals surface area contributed by atoms with Gasteiger partial charge in [-0.15, -0.1) is 12.4 Å². The van der Waals surface area contributed by atoms with E-state index in [4.69, 9.17) is 4.74 Å². The van der Waals surface area contributed by atoms with E-state index in [1.165, 1.54) is 5.56 Å². The highest BCUT2D eigenvalue weighted by Crippen LogP contribution is 2.21. The molecule has 0 spiro atoms. The Kier molecular flexibility index (Phi) is 5.06. The highest BCUT2D eigenvalue weighted by atomic mass is 79.9. The second-order valence-electron chi connectivity index (χ2n) is 3.78. The molecular weight excluding hydrogens is 277 g/mol. The van der Waals surface area contributed by atoms with Crippen LogP contribution in [0.1, 0.15) is 18.7 Å². The lowest BCUT2D eigenvalue weighted by molar-refractivity contribution is -0.0254. The molecule has 15 heavy (non-hydrogen) atoms. The van der Waals surface area contributed by atoms with Crippen LogP contribution in [0.5, 0.6) is 0 Å². The van der Waals surface area contributed by atoms with Crippen molar-refractivity contribution >= 4 is 28.3 Å². The lowest BCUT2D eigenvalue weighted by Crippen LogP contribution is -2.36. The molecule has 0 amide bonds. The van der Waals surface area contributed by atoms with Gasteiger partial charge in [0, 0.05) is 11.0 Å². The summed E-state index contributed by atoms with van der Waals surface area (Å²) >= 11 is 3.42. The van der Waals surface area contributed by atoms with Crippen LogP contribution < -0.4 is 5.32 Å². The van der Waals surface area contributed by atoms with Crippen LogP contribution in [0.4, 0.5) is 0 Å². The zero-order valence-electron chi connectivity index (χ0n) is 8.57. The minimum Gasteiger partial charge on any atom is -0.359 e. The maximum absolute atomic E-state index is 5.69. The van der Waals surface area contributed by atoms with Gasteiger partial charge in [0.25, 0.3) is 0 Å². The van der Waals surface area contributed by atoms with Crippen LogP contribution in [0.25, 0.3) is 0 Å². The van der Waals surface area contributed by atoms with Crippen LogP contribution in [-0.4, -0.2) is 13.2 Å². The molecule has 0 saturated carbocycles. The third-order valence-electron chi connectivity index (χ3n) is 2.37. The normalized spacial score (nSPS) is 25.7. The second-order valence-corrected chi connectivity index (χ2v) is 4.69. The van der Waals surface area contributed by atoms with E-state index in [9.17, 15) is 0 Å². The van der Waals surface area contributed by atoms with Gasteiger partial charge in [-0.25, -0.2) is 0 Å². The molecule has 2 atom stereocenters. The van der Waals surface area contributed by atoms with Crippen molar-refractivity contribution in [2.45, 2.75) is 13.2 Å². The average molecular weight is 293 g/mol. The molecule has 1 aromatic rings. The molecule has 1 aromatic carbocycles. The lowest BCUT2D eigenvalue weighted by atomic mass is 10.1. The zero-order valence-corrected chi connectivity index (χ0v) is 11.0. The third kappa shape index (κ3) is 3.45. The van der Waals surface area contributed by atoms with E-state index in [0.717, 1.165) is 17.6 Å². The van der Waals surface area contributed by atoms with Crippen LogP contribution >= 0.6 is 28.3 Å². The van der Waals surface area contributed by atoms with Crippen LogP contribution in [0.15, 0.2) is 28.7 Å². The molecular formula is C11H15BrClNO. The fourth-order valence-electron chi connectivity index (χ4n) is 1.54. The Labute approximate surface area is 105 Å². The molecule has 2 nitrogen and oxygen atoms in total. The lowest BCUT2D eigenvalue weighted by Gasteiger charge is -2.28. The van der Waals surface area contributed by atoms with Crippen LogP contribution in [0, 0.1) is 5.92 Å². The van der Waals surface area contributed by atoms with E-state index in [1.807, 2.05) is 12.1 Å². The Balaban J connectivity index is 0.00000112. The third-order valence-corrected chi connectivity index (χ3v) is 2.90. The molecule has 0 bridgehead atoms. The minimum atomic E-state index is 0. The number of ether oxygens (including phenoxy) is 1. The number of hydrogen-bond donors (Lipinski definition) is 1. The van der Waals surface area contributed by atoms with Crippen molar-refractivity contribution in [3.63, 3.8) is 0 Å². The molecule has 84 valence electrons. The van der Waals surface area contributed by atoms with Gasteiger partial charge in [-0.1, -0.05) is 35.0 Å². The average Bonchev–Trinajstić information content (AvgIpc) is 2.21. The first kappa shape index (κ1) is 13.0. The summed E-state index contributed by atoms with van der Waals surface area (Å²) in [6.07, 6.45) is 0.0688. The van der Waals surface area contributed by atoms with Crippen molar-refractivity contribution < 1.29 is 4.74 Å². The number of nitrogens with one attached hydrogen (secondary N) is 1. The molecule has 1 N–H and O–H groups in total. The van der Waals surface area contributed by atoms with Crippen LogP contribution in [0.3, 0.4) is 0 Å². The Morgan fingerprint density at radius 2 is 2.00 bits per heavy atom. The molecule has 4 heteroatoms. The summed E-state index contributed by atoms with van der Waals surface area (Å²) in [6, 6.07) is 8.24. The first-order valence-corrected chi connectivity index (χ1v) is 5.65. The summed E-state index contributed by atoms with van der Waals surface area (Å²) in [4.78, 5) is 0. The van der Waals surface area contributed by atoms with E-state index < -0.39 is 0 Å². The van der Waals surface area contributed by atoms with Gasteiger partial charge in [0.2, 0.25) is 0 Å². The standard InChI is InChI=1S/C11H14BrNO.ClH/c1-8-6-13-11(14-7-8)9-2-4-10(12)5-3-9;/h2-5,8,11,13H,6-7H2,1H3;1H. The quantitative estimate of drug-likeness (QED) is 0.859. The number of rotatable bonds is 1. The Bertz CT molecular complexity index is 296. The second kappa shape index (κ2) is 5.85. The maximum Gasteiger partial charge on any atom is 0.134 e. The molecule has 2 unspecified atom stereocenters. The van der Waals surface area contributed by atoms with Gasteiger partial charge in [-0.2, -0.15) is 0 Å². The monoisotopic (exact) mass is 291 g/mol. The Morgan fingerprint density at radius 1 is 1.33 bits per heavy atom. The van der Waals surface area contributed by atoms with E-state index >= 15 is 0 Å². The van der Waals surface area contributed by atoms with Crippen molar-refractivity contribution in [1.82, 2.24) is 5.32 Å². The topological polar surface area (TPSA) is 21.3 Å². The first-order valence-electron chi connectivity index (χ1n) is 4.86. The van der Waals surface area contributed by atoms with Crippen molar-refractivity contribution in [3.05, 3.63) is 34.3 Å². The van der Waals surface area contributed by atoms with E-state index in [2.05, 4.69) is 40.3 Å². The van der Waals surface area contributed by atoms with Crippen LogP contribution in [0.2, 0.25) is 0 Å². The van der Waals surface area contributed by atoms with Gasteiger partial charge in [0.05, 0.1) is 6.61 Å². The molecule has 2 rings (SSSR count). The summed E-state index contributed by atoms with van der Waals surface area (Å²) in [5.74, 6) is 0.613. The summed E-state index contributed by atoms with van der Waals surface area (Å²) in [5, 5.41) is 3.37. The van der Waals surface area contributed by atoms with Crippen molar-refractivity contribution in [3.8, 4) is 0 Å². The summed E-state index contributed by atoms with van der Waals surface area (Å²) < 4.78 is 6.79. The molecule has 1 saturated heterocycles. The van der Waals surface area contributed by atoms with Gasteiger partial charge in [-0.05, 0) is 23.6 Å². The minimum absolute atomic E-state index is 0. The largest absolute Gasteiger partial charge is 0.359 e. The van der Waals surface area contributed by atoms with Gasteiger partial charge in [-0.3, -0.25) is 5.32 Å². The molecule has 0 aliphatic carbocycles. The fraction of sp³-hybridized carbons (Fsp3) is 0.455. The maximum atomic E-state index is 5.69. The van der Waals surface area contributed by atoms with Gasteiger partial charge in [0.1, 0.15) is 6.23 Å². The number of halogens is 2. The van der Waals surface area contributed by atoms with Crippen LogP contribution in [-0.2, 0) is 4.74 Å². The fourth-order valence-corrected chi connectivity index (χ4v) is 1.80. The zero-order chi connectivity index (χ0) is 9.97. The van der Waals surface area contributed by atoms with Crippen molar-refractivity contribution in [2.24, 2.45) is 5.92 Å². The summed E-state index contributed by atoms with van der Waals surface area (Å²) in [5.41, 5.74) is 1.19. The van der Waals surface area contributed by atoms with E-state index in [0.29, 0.717) is 5.92 Å². The van der Waals surface area contributed by atoms with E-state index in [1.54, 1.807) is 0 Å². The number of hydrogen-bond acceptors (Lipinski definition) is 2. The van der Waals surface area contributed by atoms with Gasteiger partial charge >= 0.3 is 0 Å². The molecule has 1 aliphatic heterocycles. The predicted molar refractivity (Wildman–Crippen MR) is 67.2 cm³/mol.